The molecule has 0 atom stereocenters. The fourth-order valence-electron chi connectivity index (χ4n) is 2.59. The van der Waals surface area contributed by atoms with E-state index in [-0.39, 0.29) is 23.7 Å². The molecule has 1 amide bonds. The maximum atomic E-state index is 12.6. The number of carbonyl (C=O) groups is 3. The van der Waals surface area contributed by atoms with Gasteiger partial charge in [-0.15, -0.1) is 0 Å². The summed E-state index contributed by atoms with van der Waals surface area (Å²) in [5.74, 6) is -1.80. The summed E-state index contributed by atoms with van der Waals surface area (Å²) in [6, 6.07) is 10.9. The average molecular weight is 517 g/mol. The maximum absolute atomic E-state index is 12.6. The number of benzene rings is 2. The molecule has 0 aliphatic rings. The monoisotopic (exact) mass is 516 g/mol. The lowest BCUT2D eigenvalue weighted by Crippen LogP contribution is -2.14. The molecule has 0 unspecified atom stereocenters. The molecule has 9 nitrogen and oxygen atoms in total. The molecule has 0 heterocycles. The number of ether oxygens (including phenoxy) is 3. The third-order valence-corrected chi connectivity index (χ3v) is 4.72. The van der Waals surface area contributed by atoms with Crippen LogP contribution in [-0.2, 0) is 14.3 Å². The van der Waals surface area contributed by atoms with Gasteiger partial charge in [0.05, 0.1) is 18.8 Å². The van der Waals surface area contributed by atoms with Gasteiger partial charge in [-0.25, -0.2) is 9.59 Å². The van der Waals surface area contributed by atoms with Crippen LogP contribution in [0.4, 0.5) is 5.69 Å². The van der Waals surface area contributed by atoms with Crippen LogP contribution in [0.25, 0.3) is 6.08 Å². The van der Waals surface area contributed by atoms with Crippen molar-refractivity contribution >= 4 is 45.5 Å². The highest BCUT2D eigenvalue weighted by Crippen LogP contribution is 2.35. The van der Waals surface area contributed by atoms with Crippen LogP contribution in [0.3, 0.4) is 0 Å². The Morgan fingerprint density at radius 3 is 2.33 bits per heavy atom. The van der Waals surface area contributed by atoms with E-state index in [1.165, 1.54) is 42.5 Å². The Labute approximate surface area is 198 Å². The van der Waals surface area contributed by atoms with Crippen LogP contribution in [-0.4, -0.2) is 42.8 Å². The number of aliphatic carboxylic acids is 1. The standard InChI is InChI=1S/C23H21BrN2O7/c1-3-31-19-10-15(18(24)11-20(19)33-13-21(27)28)9-16(12-25)22(29)26-17-7-5-14(6-8-17)23(30)32-4-2/h5-11H,3-4,13H2,1-2H3,(H,26,29)(H,27,28)/b16-9+. The maximum Gasteiger partial charge on any atom is 0.341 e. The number of carboxylic acid groups (broad SMARTS) is 1. The summed E-state index contributed by atoms with van der Waals surface area (Å²) >= 11 is 3.33. The van der Waals surface area contributed by atoms with Crippen LogP contribution in [0.15, 0.2) is 46.4 Å². The number of halogens is 1. The van der Waals surface area contributed by atoms with Crippen molar-refractivity contribution in [1.29, 1.82) is 5.26 Å². The number of nitriles is 1. The van der Waals surface area contributed by atoms with Crippen LogP contribution in [0.1, 0.15) is 29.8 Å². The van der Waals surface area contributed by atoms with Crippen molar-refractivity contribution in [3.8, 4) is 17.6 Å². The van der Waals surface area contributed by atoms with Gasteiger partial charge in [-0.05, 0) is 61.9 Å². The lowest BCUT2D eigenvalue weighted by Gasteiger charge is -2.13. The molecule has 0 aliphatic heterocycles. The molecule has 0 spiro atoms. The van der Waals surface area contributed by atoms with Gasteiger partial charge in [0.1, 0.15) is 11.6 Å². The molecule has 0 radical (unpaired) electrons. The molecule has 2 aromatic rings. The van der Waals surface area contributed by atoms with Crippen LogP contribution in [0.2, 0.25) is 0 Å². The Hall–Kier alpha value is -3.84. The Morgan fingerprint density at radius 2 is 1.76 bits per heavy atom. The van der Waals surface area contributed by atoms with E-state index in [2.05, 4.69) is 21.2 Å². The van der Waals surface area contributed by atoms with Crippen LogP contribution < -0.4 is 14.8 Å². The highest BCUT2D eigenvalue weighted by molar-refractivity contribution is 9.10. The van der Waals surface area contributed by atoms with Crippen molar-refractivity contribution in [2.75, 3.05) is 25.1 Å². The Morgan fingerprint density at radius 1 is 1.09 bits per heavy atom. The molecule has 0 aliphatic carbocycles. The molecular formula is C23H21BrN2O7. The summed E-state index contributed by atoms with van der Waals surface area (Å²) in [4.78, 5) is 35.1. The van der Waals surface area contributed by atoms with Crippen molar-refractivity contribution in [2.45, 2.75) is 13.8 Å². The largest absolute Gasteiger partial charge is 0.490 e. The summed E-state index contributed by atoms with van der Waals surface area (Å²) < 4.78 is 16.1. The van der Waals surface area contributed by atoms with Gasteiger partial charge in [-0.2, -0.15) is 5.26 Å². The van der Waals surface area contributed by atoms with Crippen molar-refractivity contribution in [3.05, 3.63) is 57.6 Å². The molecule has 0 saturated heterocycles. The van der Waals surface area contributed by atoms with E-state index in [4.69, 9.17) is 19.3 Å². The summed E-state index contributed by atoms with van der Waals surface area (Å²) in [5.41, 5.74) is 0.987. The first-order chi connectivity index (χ1) is 15.8. The van der Waals surface area contributed by atoms with Gasteiger partial charge in [0.2, 0.25) is 0 Å². The number of hydrogen-bond acceptors (Lipinski definition) is 7. The first-order valence-corrected chi connectivity index (χ1v) is 10.6. The molecule has 0 fully saturated rings. The smallest absolute Gasteiger partial charge is 0.341 e. The van der Waals surface area contributed by atoms with Gasteiger partial charge >= 0.3 is 11.9 Å². The molecule has 0 saturated carbocycles. The van der Waals surface area contributed by atoms with Gasteiger partial charge in [0.15, 0.2) is 18.1 Å². The Kier molecular flexibility index (Phi) is 9.45. The van der Waals surface area contributed by atoms with Gasteiger partial charge < -0.3 is 24.6 Å². The summed E-state index contributed by atoms with van der Waals surface area (Å²) in [7, 11) is 0. The molecule has 2 N–H and O–H groups in total. The number of carboxylic acids is 1. The number of esters is 1. The summed E-state index contributed by atoms with van der Waals surface area (Å²) in [6.45, 7) is 3.44. The second-order valence-corrected chi connectivity index (χ2v) is 7.21. The van der Waals surface area contributed by atoms with E-state index in [0.29, 0.717) is 27.9 Å². The number of rotatable bonds is 10. The number of anilines is 1. The Bertz CT molecular complexity index is 1110. The second-order valence-electron chi connectivity index (χ2n) is 6.36. The molecule has 0 bridgehead atoms. The van der Waals surface area contributed by atoms with Crippen LogP contribution >= 0.6 is 15.9 Å². The first kappa shape index (κ1) is 25.4. The normalized spacial score (nSPS) is 10.7. The fourth-order valence-corrected chi connectivity index (χ4v) is 3.03. The average Bonchev–Trinajstić information content (AvgIpc) is 2.78. The van der Waals surface area contributed by atoms with E-state index in [9.17, 15) is 19.6 Å². The molecular weight excluding hydrogens is 496 g/mol. The zero-order valence-electron chi connectivity index (χ0n) is 17.9. The lowest BCUT2D eigenvalue weighted by atomic mass is 10.1. The first-order valence-electron chi connectivity index (χ1n) is 9.80. The van der Waals surface area contributed by atoms with Crippen LogP contribution in [0, 0.1) is 11.3 Å². The van der Waals surface area contributed by atoms with E-state index < -0.39 is 24.5 Å². The number of nitrogens with one attached hydrogen (secondary N) is 1. The highest BCUT2D eigenvalue weighted by Gasteiger charge is 2.15. The van der Waals surface area contributed by atoms with E-state index in [1.54, 1.807) is 13.8 Å². The molecule has 33 heavy (non-hydrogen) atoms. The zero-order chi connectivity index (χ0) is 24.4. The molecule has 2 aromatic carbocycles. The van der Waals surface area contributed by atoms with Crippen molar-refractivity contribution in [2.24, 2.45) is 0 Å². The predicted molar refractivity (Wildman–Crippen MR) is 123 cm³/mol. The van der Waals surface area contributed by atoms with Crippen molar-refractivity contribution in [3.63, 3.8) is 0 Å². The minimum absolute atomic E-state index is 0.188. The van der Waals surface area contributed by atoms with Crippen molar-refractivity contribution < 1.29 is 33.7 Å². The SMILES string of the molecule is CCOC(=O)c1ccc(NC(=O)/C(C#N)=C/c2cc(OCC)c(OCC(=O)O)cc2Br)cc1. The summed E-state index contributed by atoms with van der Waals surface area (Å²) in [6.07, 6.45) is 1.36. The molecule has 0 aromatic heterocycles. The van der Waals surface area contributed by atoms with Gasteiger partial charge in [-0.3, -0.25) is 4.79 Å². The summed E-state index contributed by atoms with van der Waals surface area (Å²) in [5, 5.41) is 20.9. The third-order valence-electron chi connectivity index (χ3n) is 4.03. The number of hydrogen-bond donors (Lipinski definition) is 2. The van der Waals surface area contributed by atoms with Gasteiger partial charge in [0, 0.05) is 10.2 Å². The van der Waals surface area contributed by atoms with Crippen molar-refractivity contribution in [1.82, 2.24) is 0 Å². The minimum Gasteiger partial charge on any atom is -0.490 e. The third kappa shape index (κ3) is 7.36. The van der Waals surface area contributed by atoms with Crippen LogP contribution in [0.5, 0.6) is 11.5 Å². The van der Waals surface area contributed by atoms with E-state index in [1.807, 2.05) is 6.07 Å². The predicted octanol–water partition coefficient (Wildman–Crippen LogP) is 4.03. The second kappa shape index (κ2) is 12.3. The van der Waals surface area contributed by atoms with Gasteiger partial charge in [-0.1, -0.05) is 15.9 Å². The minimum atomic E-state index is -1.14. The zero-order valence-corrected chi connectivity index (χ0v) is 19.5. The van der Waals surface area contributed by atoms with Gasteiger partial charge in [0.25, 0.3) is 5.91 Å². The number of nitrogens with zero attached hydrogens (tertiary/aromatic N) is 1. The molecule has 10 heteroatoms. The topological polar surface area (TPSA) is 135 Å². The van der Waals surface area contributed by atoms with E-state index >= 15 is 0 Å². The van der Waals surface area contributed by atoms with E-state index in [0.717, 1.165) is 0 Å². The fraction of sp³-hybridized carbons (Fsp3) is 0.217. The number of amides is 1. The number of carbonyl (C=O) groups excluding carboxylic acids is 2. The molecule has 2 rings (SSSR count). The molecule has 172 valence electrons. The highest BCUT2D eigenvalue weighted by atomic mass is 79.9. The lowest BCUT2D eigenvalue weighted by molar-refractivity contribution is -0.139. The Balaban J connectivity index is 2.25. The quantitative estimate of drug-likeness (QED) is 0.274.